The number of hydrogen-bond acceptors (Lipinski definition) is 6. The van der Waals surface area contributed by atoms with Crippen LogP contribution in [0.3, 0.4) is 0 Å². The van der Waals surface area contributed by atoms with E-state index in [1.807, 2.05) is 6.07 Å². The Kier molecular flexibility index (Phi) is 5.51. The molecule has 4 heterocycles. The van der Waals surface area contributed by atoms with Crippen molar-refractivity contribution in [3.05, 3.63) is 53.2 Å². The minimum absolute atomic E-state index is 0. The largest absolute Gasteiger partial charge is 0.397 e. The Bertz CT molecular complexity index is 1300. The van der Waals surface area contributed by atoms with Crippen LogP contribution in [0.2, 0.25) is 0 Å². The molecule has 0 radical (unpaired) electrons. The van der Waals surface area contributed by atoms with Crippen LogP contribution in [-0.2, 0) is 0 Å². The van der Waals surface area contributed by atoms with Crippen LogP contribution in [0.1, 0.15) is 42.3 Å². The molecule has 180 valence electrons. The Morgan fingerprint density at radius 3 is 2.65 bits per heavy atom. The van der Waals surface area contributed by atoms with Crippen LogP contribution >= 0.6 is 0 Å². The van der Waals surface area contributed by atoms with Gasteiger partial charge in [-0.3, -0.25) is 9.79 Å². The number of aromatic nitrogens is 2. The third kappa shape index (κ3) is 3.69. The molecular formula is C25H32FN7O. The van der Waals surface area contributed by atoms with Crippen molar-refractivity contribution < 1.29 is 10.6 Å². The van der Waals surface area contributed by atoms with Crippen LogP contribution in [0.5, 0.6) is 0 Å². The second-order valence-corrected chi connectivity index (χ2v) is 9.37. The Balaban J connectivity index is 0.00000289. The van der Waals surface area contributed by atoms with Crippen molar-refractivity contribution in [3.63, 3.8) is 0 Å². The highest BCUT2D eigenvalue weighted by molar-refractivity contribution is 6.11. The van der Waals surface area contributed by atoms with Crippen molar-refractivity contribution in [2.75, 3.05) is 49.7 Å². The fraction of sp³-hybridized carbons (Fsp3) is 0.400. The van der Waals surface area contributed by atoms with E-state index in [0.29, 0.717) is 28.2 Å². The molecule has 3 N–H and O–H groups in total. The number of piperidine rings is 1. The summed E-state index contributed by atoms with van der Waals surface area (Å²) in [5.74, 6) is -0.910. The number of anilines is 3. The van der Waals surface area contributed by atoms with Gasteiger partial charge < -0.3 is 25.3 Å². The van der Waals surface area contributed by atoms with Crippen LogP contribution in [0.15, 0.2) is 35.6 Å². The van der Waals surface area contributed by atoms with Crippen LogP contribution < -0.4 is 16.0 Å². The first kappa shape index (κ1) is 22.3. The first-order chi connectivity index (χ1) is 16.3. The second-order valence-electron chi connectivity index (χ2n) is 9.37. The Morgan fingerprint density at radius 1 is 1.26 bits per heavy atom. The zero-order valence-corrected chi connectivity index (χ0v) is 19.8. The summed E-state index contributed by atoms with van der Waals surface area (Å²) in [6, 6.07) is 4.94. The first-order valence-corrected chi connectivity index (χ1v) is 11.6. The number of aryl methyl sites for hydroxylation is 1. The van der Waals surface area contributed by atoms with E-state index in [2.05, 4.69) is 32.1 Å². The molecule has 0 saturated carbocycles. The van der Waals surface area contributed by atoms with E-state index in [1.165, 1.54) is 19.0 Å². The van der Waals surface area contributed by atoms with E-state index >= 15 is 0 Å². The number of nitrogens with two attached hydrogens (primary N) is 1. The molecule has 2 aliphatic heterocycles. The molecule has 2 aliphatic rings. The van der Waals surface area contributed by atoms with Crippen molar-refractivity contribution in [1.82, 2.24) is 14.3 Å². The standard InChI is InChI=1S/C25H30FN7O.H2/c1-16-14-33-15-17(12-20(26)23(33)29-16)30-24(34)18-4-5-21(19(13-28-2)22(18)27)32-10-7-25(8-11-32)6-9-31(25)3;/h4-5,12-15H,6-11,27H2,1-3H3,(H,30,34);1H. The van der Waals surface area contributed by atoms with Crippen molar-refractivity contribution in [1.29, 1.82) is 0 Å². The predicted molar refractivity (Wildman–Crippen MR) is 136 cm³/mol. The quantitative estimate of drug-likeness (QED) is 0.454. The van der Waals surface area contributed by atoms with Crippen LogP contribution in [-0.4, -0.2) is 65.7 Å². The SMILES string of the molecule is CN=Cc1c(N2CCC3(CC2)CCN3C)ccc(C(=O)Nc2cc(F)c3nc(C)cn3c2)c1N.[HH]. The average molecular weight is 466 g/mol. The third-order valence-electron chi connectivity index (χ3n) is 7.41. The molecule has 1 spiro atoms. The second kappa shape index (κ2) is 8.39. The van der Waals surface area contributed by atoms with E-state index in [4.69, 9.17) is 5.73 Å². The molecule has 3 aromatic rings. The Hall–Kier alpha value is -3.46. The van der Waals surface area contributed by atoms with E-state index in [-0.39, 0.29) is 7.07 Å². The maximum absolute atomic E-state index is 14.4. The molecule has 8 nitrogen and oxygen atoms in total. The highest BCUT2D eigenvalue weighted by Gasteiger charge is 2.44. The smallest absolute Gasteiger partial charge is 0.257 e. The Labute approximate surface area is 199 Å². The number of imidazole rings is 1. The fourth-order valence-electron chi connectivity index (χ4n) is 5.26. The number of halogens is 1. The number of benzene rings is 1. The number of pyridine rings is 1. The summed E-state index contributed by atoms with van der Waals surface area (Å²) in [7, 11) is 3.90. The summed E-state index contributed by atoms with van der Waals surface area (Å²) in [6.45, 7) is 4.82. The lowest BCUT2D eigenvalue weighted by Crippen LogP contribution is -2.62. The van der Waals surface area contributed by atoms with Crippen molar-refractivity contribution in [3.8, 4) is 0 Å². The van der Waals surface area contributed by atoms with Gasteiger partial charge in [-0.25, -0.2) is 9.37 Å². The van der Waals surface area contributed by atoms with Gasteiger partial charge in [-0.15, -0.1) is 0 Å². The van der Waals surface area contributed by atoms with Gasteiger partial charge in [0.1, 0.15) is 0 Å². The summed E-state index contributed by atoms with van der Waals surface area (Å²) in [5.41, 5.74) is 10.5. The number of rotatable bonds is 4. The summed E-state index contributed by atoms with van der Waals surface area (Å²) in [5, 5.41) is 2.77. The fourth-order valence-corrected chi connectivity index (χ4v) is 5.26. The van der Waals surface area contributed by atoms with E-state index in [0.717, 1.165) is 37.2 Å². The van der Waals surface area contributed by atoms with E-state index < -0.39 is 11.7 Å². The normalized spacial score (nSPS) is 18.1. The number of aliphatic imine (C=N–C) groups is 1. The molecule has 9 heteroatoms. The summed E-state index contributed by atoms with van der Waals surface area (Å²) in [4.78, 5) is 26.2. The highest BCUT2D eigenvalue weighted by Crippen LogP contribution is 2.40. The zero-order valence-electron chi connectivity index (χ0n) is 19.8. The van der Waals surface area contributed by atoms with Crippen LogP contribution in [0, 0.1) is 12.7 Å². The minimum Gasteiger partial charge on any atom is -0.397 e. The van der Waals surface area contributed by atoms with Gasteiger partial charge in [0, 0.05) is 69.6 Å². The van der Waals surface area contributed by atoms with Crippen molar-refractivity contribution in [2.45, 2.75) is 31.7 Å². The summed E-state index contributed by atoms with van der Waals surface area (Å²) >= 11 is 0. The van der Waals surface area contributed by atoms with Gasteiger partial charge in [0.2, 0.25) is 0 Å². The van der Waals surface area contributed by atoms with Gasteiger partial charge in [-0.05, 0) is 45.4 Å². The molecule has 0 aliphatic carbocycles. The average Bonchev–Trinajstić information content (AvgIpc) is 3.20. The number of nitrogens with zero attached hydrogens (tertiary/aromatic N) is 5. The minimum atomic E-state index is -0.506. The molecular weight excluding hydrogens is 433 g/mol. The third-order valence-corrected chi connectivity index (χ3v) is 7.41. The van der Waals surface area contributed by atoms with Gasteiger partial charge >= 0.3 is 0 Å². The molecule has 2 saturated heterocycles. The van der Waals surface area contributed by atoms with Gasteiger partial charge in [-0.2, -0.15) is 0 Å². The van der Waals surface area contributed by atoms with Crippen molar-refractivity contribution >= 4 is 34.8 Å². The zero-order chi connectivity index (χ0) is 24.0. The molecule has 1 amide bonds. The predicted octanol–water partition coefficient (Wildman–Crippen LogP) is 3.59. The van der Waals surface area contributed by atoms with Gasteiger partial charge in [0.05, 0.1) is 22.6 Å². The number of likely N-dealkylation sites (tertiary alicyclic amines) is 1. The first-order valence-electron chi connectivity index (χ1n) is 11.6. The number of carbonyl (C=O) groups is 1. The number of nitrogens with one attached hydrogen (secondary N) is 1. The van der Waals surface area contributed by atoms with E-state index in [1.54, 1.807) is 43.0 Å². The van der Waals surface area contributed by atoms with Gasteiger partial charge in [-0.1, -0.05) is 0 Å². The summed E-state index contributed by atoms with van der Waals surface area (Å²) in [6.07, 6.45) is 8.52. The van der Waals surface area contributed by atoms with Gasteiger partial charge in [0.15, 0.2) is 11.5 Å². The molecule has 1 aromatic carbocycles. The Morgan fingerprint density at radius 2 is 2.00 bits per heavy atom. The lowest BCUT2D eigenvalue weighted by molar-refractivity contribution is -0.00915. The molecule has 2 fully saturated rings. The monoisotopic (exact) mass is 465 g/mol. The van der Waals surface area contributed by atoms with Crippen LogP contribution in [0.25, 0.3) is 5.65 Å². The maximum atomic E-state index is 14.4. The maximum Gasteiger partial charge on any atom is 0.257 e. The lowest BCUT2D eigenvalue weighted by atomic mass is 9.77. The number of carbonyl (C=O) groups excluding carboxylic acids is 1. The topological polar surface area (TPSA) is 91.3 Å². The number of hydrogen-bond donors (Lipinski definition) is 2. The molecule has 2 aromatic heterocycles. The molecule has 0 atom stereocenters. The van der Waals surface area contributed by atoms with Crippen molar-refractivity contribution in [2.24, 2.45) is 4.99 Å². The van der Waals surface area contributed by atoms with Crippen LogP contribution in [0.4, 0.5) is 21.5 Å². The summed E-state index contributed by atoms with van der Waals surface area (Å²) < 4.78 is 16.0. The lowest BCUT2D eigenvalue weighted by Gasteiger charge is -2.55. The number of amides is 1. The highest BCUT2D eigenvalue weighted by atomic mass is 19.1. The van der Waals surface area contributed by atoms with E-state index in [9.17, 15) is 9.18 Å². The molecule has 0 unspecified atom stereocenters. The van der Waals surface area contributed by atoms with Gasteiger partial charge in [0.25, 0.3) is 5.91 Å². The molecule has 5 rings (SSSR count). The number of nitrogen functional groups attached to an aromatic ring is 1. The molecule has 34 heavy (non-hydrogen) atoms. The number of fused-ring (bicyclic) bond motifs is 1. The molecule has 0 bridgehead atoms.